The lowest BCUT2D eigenvalue weighted by Crippen LogP contribution is -2.03. The monoisotopic (exact) mass is 154 g/mol. The van der Waals surface area contributed by atoms with Crippen LogP contribution in [0.3, 0.4) is 0 Å². The second kappa shape index (κ2) is 3.21. The van der Waals surface area contributed by atoms with E-state index >= 15 is 0 Å². The molecule has 0 aliphatic rings. The largest absolute Gasteiger partial charge is 0.477 e. The zero-order chi connectivity index (χ0) is 8.27. The first-order valence-corrected chi connectivity index (χ1v) is 3.29. The summed E-state index contributed by atoms with van der Waals surface area (Å²) >= 11 is 0. The molecule has 0 amide bonds. The maximum absolute atomic E-state index is 10.4. The Morgan fingerprint density at radius 1 is 1.82 bits per heavy atom. The molecule has 1 heterocycles. The second-order valence-electron chi connectivity index (χ2n) is 2.26. The van der Waals surface area contributed by atoms with Gasteiger partial charge in [0.2, 0.25) is 0 Å². The molecule has 0 radical (unpaired) electrons. The molecule has 0 bridgehead atoms. The van der Waals surface area contributed by atoms with Gasteiger partial charge in [0, 0.05) is 12.7 Å². The Balaban J connectivity index is 2.73. The van der Waals surface area contributed by atoms with Crippen molar-refractivity contribution < 1.29 is 9.90 Å². The van der Waals surface area contributed by atoms with Crippen LogP contribution in [0, 0.1) is 0 Å². The number of hydrogen-bond acceptors (Lipinski definition) is 2. The topological polar surface area (TPSA) is 65.1 Å². The molecule has 0 spiro atoms. The Morgan fingerprint density at radius 3 is 3.00 bits per heavy atom. The van der Waals surface area contributed by atoms with Crippen LogP contribution < -0.4 is 5.32 Å². The van der Waals surface area contributed by atoms with Crippen LogP contribution >= 0.6 is 0 Å². The fraction of sp³-hybridized carbons (Fsp3) is 0.286. The van der Waals surface area contributed by atoms with E-state index < -0.39 is 5.97 Å². The van der Waals surface area contributed by atoms with Crippen molar-refractivity contribution in [2.75, 3.05) is 7.05 Å². The molecule has 60 valence electrons. The highest BCUT2D eigenvalue weighted by molar-refractivity contribution is 5.85. The van der Waals surface area contributed by atoms with Crippen molar-refractivity contribution in [3.8, 4) is 0 Å². The summed E-state index contributed by atoms with van der Waals surface area (Å²) in [6.07, 6.45) is 1.68. The Kier molecular flexibility index (Phi) is 2.28. The van der Waals surface area contributed by atoms with Crippen LogP contribution in [0.5, 0.6) is 0 Å². The van der Waals surface area contributed by atoms with E-state index in [0.29, 0.717) is 6.54 Å². The smallest absolute Gasteiger partial charge is 0.352 e. The van der Waals surface area contributed by atoms with Crippen molar-refractivity contribution in [3.63, 3.8) is 0 Å². The molecule has 0 aliphatic carbocycles. The number of carboxylic acids is 1. The molecule has 0 atom stereocenters. The summed E-state index contributed by atoms with van der Waals surface area (Å²) in [5.41, 5.74) is 1.18. The van der Waals surface area contributed by atoms with Crippen molar-refractivity contribution in [1.29, 1.82) is 0 Å². The fourth-order valence-corrected chi connectivity index (χ4v) is 0.869. The Bertz CT molecular complexity index is 255. The van der Waals surface area contributed by atoms with Crippen molar-refractivity contribution >= 4 is 5.97 Å². The minimum atomic E-state index is -0.924. The van der Waals surface area contributed by atoms with E-state index in [4.69, 9.17) is 5.11 Å². The van der Waals surface area contributed by atoms with Crippen LogP contribution in [0.25, 0.3) is 0 Å². The standard InChI is InChI=1S/C7H10N2O2/c1-8-3-5-2-6(7(10)11)9-4-5/h2,4,8-9H,3H2,1H3,(H,10,11). The molecule has 3 N–H and O–H groups in total. The third-order valence-corrected chi connectivity index (χ3v) is 1.35. The van der Waals surface area contributed by atoms with Crippen LogP contribution in [0.15, 0.2) is 12.3 Å². The van der Waals surface area contributed by atoms with Gasteiger partial charge < -0.3 is 15.4 Å². The van der Waals surface area contributed by atoms with Crippen LogP contribution in [0.1, 0.15) is 16.1 Å². The number of carbonyl (C=O) groups is 1. The molecule has 0 saturated heterocycles. The average Bonchev–Trinajstić information content (AvgIpc) is 2.37. The van der Waals surface area contributed by atoms with Gasteiger partial charge in [-0.1, -0.05) is 0 Å². The molecular weight excluding hydrogens is 144 g/mol. The SMILES string of the molecule is CNCc1c[nH]c(C(=O)O)c1. The first-order chi connectivity index (χ1) is 5.24. The number of rotatable bonds is 3. The van der Waals surface area contributed by atoms with Gasteiger partial charge >= 0.3 is 5.97 Å². The van der Waals surface area contributed by atoms with E-state index in [2.05, 4.69) is 10.3 Å². The molecule has 0 aromatic carbocycles. The first-order valence-electron chi connectivity index (χ1n) is 3.29. The number of H-pyrrole nitrogens is 1. The molecule has 1 aromatic rings. The molecule has 4 heteroatoms. The Morgan fingerprint density at radius 2 is 2.55 bits per heavy atom. The molecule has 0 saturated carbocycles. The lowest BCUT2D eigenvalue weighted by molar-refractivity contribution is 0.0691. The van der Waals surface area contributed by atoms with Gasteiger partial charge in [-0.3, -0.25) is 0 Å². The summed E-state index contributed by atoms with van der Waals surface area (Å²) in [7, 11) is 1.81. The number of aromatic nitrogens is 1. The van der Waals surface area contributed by atoms with Gasteiger partial charge in [0.1, 0.15) is 5.69 Å². The third-order valence-electron chi connectivity index (χ3n) is 1.35. The van der Waals surface area contributed by atoms with Gasteiger partial charge in [0.25, 0.3) is 0 Å². The molecule has 0 unspecified atom stereocenters. The van der Waals surface area contributed by atoms with E-state index in [1.54, 1.807) is 12.3 Å². The van der Waals surface area contributed by atoms with Crippen molar-refractivity contribution in [2.45, 2.75) is 6.54 Å². The highest BCUT2D eigenvalue weighted by Crippen LogP contribution is 2.02. The van der Waals surface area contributed by atoms with Crippen LogP contribution in [0.2, 0.25) is 0 Å². The van der Waals surface area contributed by atoms with Crippen molar-refractivity contribution in [3.05, 3.63) is 23.5 Å². The van der Waals surface area contributed by atoms with E-state index in [0.717, 1.165) is 5.56 Å². The van der Waals surface area contributed by atoms with Crippen LogP contribution in [-0.2, 0) is 6.54 Å². The van der Waals surface area contributed by atoms with Crippen molar-refractivity contribution in [1.82, 2.24) is 10.3 Å². The highest BCUT2D eigenvalue weighted by Gasteiger charge is 2.04. The normalized spacial score (nSPS) is 9.91. The van der Waals surface area contributed by atoms with Gasteiger partial charge in [0.15, 0.2) is 0 Å². The first kappa shape index (κ1) is 7.81. The zero-order valence-electron chi connectivity index (χ0n) is 6.22. The van der Waals surface area contributed by atoms with Gasteiger partial charge in [-0.25, -0.2) is 4.79 Å². The lowest BCUT2D eigenvalue weighted by Gasteiger charge is -1.90. The maximum atomic E-state index is 10.4. The van der Waals surface area contributed by atoms with E-state index in [-0.39, 0.29) is 5.69 Å². The molecular formula is C7H10N2O2. The van der Waals surface area contributed by atoms with E-state index in [1.807, 2.05) is 7.05 Å². The molecule has 0 aliphatic heterocycles. The number of aromatic carboxylic acids is 1. The van der Waals surface area contributed by atoms with E-state index in [9.17, 15) is 4.79 Å². The van der Waals surface area contributed by atoms with Gasteiger partial charge in [0.05, 0.1) is 0 Å². The molecule has 11 heavy (non-hydrogen) atoms. The second-order valence-corrected chi connectivity index (χ2v) is 2.26. The minimum absolute atomic E-state index is 0.232. The summed E-state index contributed by atoms with van der Waals surface area (Å²) in [5.74, 6) is -0.924. The quantitative estimate of drug-likeness (QED) is 0.591. The van der Waals surface area contributed by atoms with Gasteiger partial charge in [-0.05, 0) is 18.7 Å². The van der Waals surface area contributed by atoms with Crippen molar-refractivity contribution in [2.24, 2.45) is 0 Å². The summed E-state index contributed by atoms with van der Waals surface area (Å²) in [4.78, 5) is 13.0. The average molecular weight is 154 g/mol. The zero-order valence-corrected chi connectivity index (χ0v) is 6.22. The Labute approximate surface area is 64.2 Å². The predicted molar refractivity (Wildman–Crippen MR) is 40.5 cm³/mol. The summed E-state index contributed by atoms with van der Waals surface area (Å²) < 4.78 is 0. The Hall–Kier alpha value is -1.29. The van der Waals surface area contributed by atoms with Gasteiger partial charge in [-0.2, -0.15) is 0 Å². The number of hydrogen-bond donors (Lipinski definition) is 3. The van der Waals surface area contributed by atoms with Crippen LogP contribution in [-0.4, -0.2) is 23.1 Å². The lowest BCUT2D eigenvalue weighted by atomic mass is 10.3. The molecule has 4 nitrogen and oxygen atoms in total. The number of nitrogens with one attached hydrogen (secondary N) is 2. The van der Waals surface area contributed by atoms with Crippen LogP contribution in [0.4, 0.5) is 0 Å². The molecule has 1 rings (SSSR count). The predicted octanol–water partition coefficient (Wildman–Crippen LogP) is 0.432. The molecule has 0 fully saturated rings. The number of carboxylic acid groups (broad SMARTS) is 1. The minimum Gasteiger partial charge on any atom is -0.477 e. The summed E-state index contributed by atoms with van der Waals surface area (Å²) in [6, 6.07) is 1.61. The highest BCUT2D eigenvalue weighted by atomic mass is 16.4. The van der Waals surface area contributed by atoms with E-state index in [1.165, 1.54) is 0 Å². The fourth-order valence-electron chi connectivity index (χ4n) is 0.869. The molecule has 1 aromatic heterocycles. The summed E-state index contributed by atoms with van der Waals surface area (Å²) in [5, 5.41) is 11.4. The third kappa shape index (κ3) is 1.81. The number of aromatic amines is 1. The summed E-state index contributed by atoms with van der Waals surface area (Å²) in [6.45, 7) is 0.684. The van der Waals surface area contributed by atoms with Gasteiger partial charge in [-0.15, -0.1) is 0 Å². The maximum Gasteiger partial charge on any atom is 0.352 e.